The summed E-state index contributed by atoms with van der Waals surface area (Å²) in [5.41, 5.74) is 1.33. The molecule has 0 fully saturated rings. The first kappa shape index (κ1) is 11.2. The summed E-state index contributed by atoms with van der Waals surface area (Å²) in [7, 11) is 0. The molecule has 0 unspecified atom stereocenters. The van der Waals surface area contributed by atoms with Crippen molar-refractivity contribution in [2.75, 3.05) is 6.61 Å². The number of pyridine rings is 1. The van der Waals surface area contributed by atoms with Crippen LogP contribution < -0.4 is 4.74 Å². The smallest absolute Gasteiger partial charge is 0.272 e. The number of ether oxygens (including phenoxy) is 1. The van der Waals surface area contributed by atoms with Crippen LogP contribution in [0.1, 0.15) is 11.3 Å². The Balaban J connectivity index is 2.77. The molecule has 0 aliphatic rings. The number of aryl methyl sites for hydroxylation is 1. The quantitative estimate of drug-likeness (QED) is 0.730. The standard InChI is InChI=1S/C9H10ClF2NO/c1-6-2-8(14-5-9(11)12)7(3-10)4-13-6/h2,4,9H,3,5H2,1H3. The van der Waals surface area contributed by atoms with Crippen LogP contribution in [0.3, 0.4) is 0 Å². The highest BCUT2D eigenvalue weighted by molar-refractivity contribution is 6.17. The fraction of sp³-hybridized carbons (Fsp3) is 0.444. The van der Waals surface area contributed by atoms with Gasteiger partial charge in [0.15, 0.2) is 0 Å². The lowest BCUT2D eigenvalue weighted by molar-refractivity contribution is 0.0814. The molecule has 0 aliphatic carbocycles. The first-order valence-corrected chi connectivity index (χ1v) is 4.59. The van der Waals surface area contributed by atoms with E-state index in [1.54, 1.807) is 13.0 Å². The monoisotopic (exact) mass is 221 g/mol. The largest absolute Gasteiger partial charge is 0.487 e. The molecule has 0 atom stereocenters. The predicted octanol–water partition coefficient (Wildman–Crippen LogP) is 2.77. The molecule has 1 heterocycles. The van der Waals surface area contributed by atoms with E-state index in [9.17, 15) is 8.78 Å². The van der Waals surface area contributed by atoms with Crippen molar-refractivity contribution >= 4 is 11.6 Å². The Labute approximate surface area is 85.9 Å². The van der Waals surface area contributed by atoms with Gasteiger partial charge in [0.25, 0.3) is 6.43 Å². The molecule has 0 aromatic carbocycles. The van der Waals surface area contributed by atoms with Gasteiger partial charge in [-0.3, -0.25) is 4.98 Å². The van der Waals surface area contributed by atoms with Crippen LogP contribution in [0.25, 0.3) is 0 Å². The fourth-order valence-electron chi connectivity index (χ4n) is 0.951. The first-order valence-electron chi connectivity index (χ1n) is 4.06. The second-order valence-corrected chi connectivity index (χ2v) is 3.04. The van der Waals surface area contributed by atoms with E-state index in [0.717, 1.165) is 0 Å². The summed E-state index contributed by atoms with van der Waals surface area (Å²) in [5, 5.41) is 0. The molecule has 0 aliphatic heterocycles. The van der Waals surface area contributed by atoms with Crippen LogP contribution in [0.2, 0.25) is 0 Å². The second kappa shape index (κ2) is 5.10. The van der Waals surface area contributed by atoms with E-state index < -0.39 is 13.0 Å². The van der Waals surface area contributed by atoms with Gasteiger partial charge in [0, 0.05) is 23.5 Å². The van der Waals surface area contributed by atoms with E-state index >= 15 is 0 Å². The molecule has 0 N–H and O–H groups in total. The van der Waals surface area contributed by atoms with Gasteiger partial charge in [-0.2, -0.15) is 0 Å². The second-order valence-electron chi connectivity index (χ2n) is 2.77. The summed E-state index contributed by atoms with van der Waals surface area (Å²) < 4.78 is 28.7. The SMILES string of the molecule is Cc1cc(OCC(F)F)c(CCl)cn1. The molecule has 5 heteroatoms. The Kier molecular flexibility index (Phi) is 4.07. The Hall–Kier alpha value is -0.900. The van der Waals surface area contributed by atoms with Crippen LogP contribution in [0, 0.1) is 6.92 Å². The molecular formula is C9H10ClF2NO. The highest BCUT2D eigenvalue weighted by Crippen LogP contribution is 2.20. The van der Waals surface area contributed by atoms with Gasteiger partial charge < -0.3 is 4.74 Å². The zero-order chi connectivity index (χ0) is 10.6. The van der Waals surface area contributed by atoms with E-state index in [4.69, 9.17) is 16.3 Å². The maximum Gasteiger partial charge on any atom is 0.272 e. The van der Waals surface area contributed by atoms with Crippen LogP contribution in [-0.2, 0) is 5.88 Å². The molecule has 1 rings (SSSR count). The predicted molar refractivity (Wildman–Crippen MR) is 50.0 cm³/mol. The van der Waals surface area contributed by atoms with Crippen LogP contribution in [-0.4, -0.2) is 18.0 Å². The van der Waals surface area contributed by atoms with Crippen molar-refractivity contribution in [3.8, 4) is 5.75 Å². The molecular weight excluding hydrogens is 212 g/mol. The summed E-state index contributed by atoms with van der Waals surface area (Å²) >= 11 is 5.59. The van der Waals surface area contributed by atoms with Gasteiger partial charge in [0.1, 0.15) is 12.4 Å². The minimum Gasteiger partial charge on any atom is -0.487 e. The Bertz CT molecular complexity index is 307. The zero-order valence-corrected chi connectivity index (χ0v) is 8.39. The van der Waals surface area contributed by atoms with Crippen molar-refractivity contribution < 1.29 is 13.5 Å². The highest BCUT2D eigenvalue weighted by Gasteiger charge is 2.07. The molecule has 0 radical (unpaired) electrons. The number of hydrogen-bond donors (Lipinski definition) is 0. The normalized spacial score (nSPS) is 10.6. The average molecular weight is 222 g/mol. The number of aromatic nitrogens is 1. The molecule has 0 saturated heterocycles. The molecule has 14 heavy (non-hydrogen) atoms. The van der Waals surface area contributed by atoms with E-state index in [0.29, 0.717) is 17.0 Å². The third-order valence-corrected chi connectivity index (χ3v) is 1.88. The van der Waals surface area contributed by atoms with Crippen LogP contribution in [0.15, 0.2) is 12.3 Å². The number of nitrogens with zero attached hydrogens (tertiary/aromatic N) is 1. The van der Waals surface area contributed by atoms with Crippen LogP contribution in [0.5, 0.6) is 5.75 Å². The maximum absolute atomic E-state index is 11.9. The van der Waals surface area contributed by atoms with Gasteiger partial charge in [-0.05, 0) is 6.92 Å². The molecule has 2 nitrogen and oxygen atoms in total. The third kappa shape index (κ3) is 3.10. The summed E-state index contributed by atoms with van der Waals surface area (Å²) in [6.45, 7) is 1.14. The van der Waals surface area contributed by atoms with Gasteiger partial charge in [-0.15, -0.1) is 11.6 Å². The Morgan fingerprint density at radius 1 is 1.57 bits per heavy atom. The van der Waals surface area contributed by atoms with Crippen molar-refractivity contribution in [1.82, 2.24) is 4.98 Å². The maximum atomic E-state index is 11.9. The van der Waals surface area contributed by atoms with Crippen molar-refractivity contribution in [3.05, 3.63) is 23.5 Å². The number of alkyl halides is 3. The van der Waals surface area contributed by atoms with Gasteiger partial charge in [-0.25, -0.2) is 8.78 Å². The Morgan fingerprint density at radius 3 is 2.86 bits per heavy atom. The fourth-order valence-corrected chi connectivity index (χ4v) is 1.15. The zero-order valence-electron chi connectivity index (χ0n) is 7.64. The lowest BCUT2D eigenvalue weighted by atomic mass is 10.2. The van der Waals surface area contributed by atoms with Crippen molar-refractivity contribution in [3.63, 3.8) is 0 Å². The third-order valence-electron chi connectivity index (χ3n) is 1.59. The minimum atomic E-state index is -2.48. The molecule has 78 valence electrons. The van der Waals surface area contributed by atoms with E-state index in [1.807, 2.05) is 0 Å². The van der Waals surface area contributed by atoms with Crippen molar-refractivity contribution in [2.45, 2.75) is 19.2 Å². The summed E-state index contributed by atoms with van der Waals surface area (Å²) in [4.78, 5) is 3.99. The summed E-state index contributed by atoms with van der Waals surface area (Å²) in [6, 6.07) is 1.60. The van der Waals surface area contributed by atoms with Crippen molar-refractivity contribution in [2.24, 2.45) is 0 Å². The molecule has 0 spiro atoms. The van der Waals surface area contributed by atoms with Gasteiger partial charge in [0.2, 0.25) is 0 Å². The summed E-state index contributed by atoms with van der Waals surface area (Å²) in [5.74, 6) is 0.582. The lowest BCUT2D eigenvalue weighted by Crippen LogP contribution is -2.08. The van der Waals surface area contributed by atoms with E-state index in [1.165, 1.54) is 6.20 Å². The Morgan fingerprint density at radius 2 is 2.29 bits per heavy atom. The van der Waals surface area contributed by atoms with E-state index in [2.05, 4.69) is 4.98 Å². The molecule has 1 aromatic rings. The van der Waals surface area contributed by atoms with Crippen LogP contribution in [0.4, 0.5) is 8.78 Å². The number of halogens is 3. The number of rotatable bonds is 4. The molecule has 1 aromatic heterocycles. The summed E-state index contributed by atoms with van der Waals surface area (Å²) in [6.07, 6.45) is -0.949. The molecule has 0 bridgehead atoms. The van der Waals surface area contributed by atoms with E-state index in [-0.39, 0.29) is 5.88 Å². The number of hydrogen-bond acceptors (Lipinski definition) is 2. The highest BCUT2D eigenvalue weighted by atomic mass is 35.5. The van der Waals surface area contributed by atoms with Gasteiger partial charge in [0.05, 0.1) is 5.88 Å². The van der Waals surface area contributed by atoms with Gasteiger partial charge >= 0.3 is 0 Å². The minimum absolute atomic E-state index is 0.200. The first-order chi connectivity index (χ1) is 6.63. The van der Waals surface area contributed by atoms with Crippen LogP contribution >= 0.6 is 11.6 Å². The van der Waals surface area contributed by atoms with Crippen molar-refractivity contribution in [1.29, 1.82) is 0 Å². The molecule has 0 amide bonds. The molecule has 0 saturated carbocycles. The average Bonchev–Trinajstić information content (AvgIpc) is 2.15. The topological polar surface area (TPSA) is 22.1 Å². The lowest BCUT2D eigenvalue weighted by Gasteiger charge is -2.09. The van der Waals surface area contributed by atoms with Gasteiger partial charge in [-0.1, -0.05) is 0 Å².